The van der Waals surface area contributed by atoms with Crippen LogP contribution in [-0.2, 0) is 19.6 Å². The van der Waals surface area contributed by atoms with E-state index in [1.54, 1.807) is 11.3 Å². The highest BCUT2D eigenvalue weighted by molar-refractivity contribution is 7.09. The number of aromatic nitrogens is 1. The molecule has 0 spiro atoms. The summed E-state index contributed by atoms with van der Waals surface area (Å²) in [4.78, 5) is 6.69. The summed E-state index contributed by atoms with van der Waals surface area (Å²) in [5, 5.41) is 6.53. The van der Waals surface area contributed by atoms with Crippen molar-refractivity contribution < 1.29 is 4.42 Å². The molecule has 19 heavy (non-hydrogen) atoms. The standard InChI is InChI=1S/C14H21N3OS/c1-4-15-6-12-5-14(18-9-12)8-17(3)7-13-10-19-11(2)16-13/h5,9-10,15H,4,6-8H2,1-3H3. The molecule has 0 bridgehead atoms. The molecular weight excluding hydrogens is 258 g/mol. The zero-order valence-corrected chi connectivity index (χ0v) is 12.6. The number of furan rings is 1. The summed E-state index contributed by atoms with van der Waals surface area (Å²) in [5.74, 6) is 1.00. The highest BCUT2D eigenvalue weighted by Crippen LogP contribution is 2.13. The Labute approximate surface area is 118 Å². The average Bonchev–Trinajstić information content (AvgIpc) is 2.96. The molecular formula is C14H21N3OS. The highest BCUT2D eigenvalue weighted by Gasteiger charge is 2.07. The van der Waals surface area contributed by atoms with Gasteiger partial charge in [0, 0.05) is 24.0 Å². The van der Waals surface area contributed by atoms with E-state index < -0.39 is 0 Å². The van der Waals surface area contributed by atoms with Gasteiger partial charge in [-0.3, -0.25) is 4.90 Å². The third kappa shape index (κ3) is 4.45. The molecule has 0 unspecified atom stereocenters. The maximum atomic E-state index is 5.58. The first-order valence-corrected chi connectivity index (χ1v) is 7.42. The molecule has 0 saturated heterocycles. The molecule has 2 rings (SSSR count). The monoisotopic (exact) mass is 279 g/mol. The van der Waals surface area contributed by atoms with Crippen LogP contribution < -0.4 is 5.32 Å². The lowest BCUT2D eigenvalue weighted by Gasteiger charge is -2.12. The highest BCUT2D eigenvalue weighted by atomic mass is 32.1. The Morgan fingerprint density at radius 2 is 2.26 bits per heavy atom. The summed E-state index contributed by atoms with van der Waals surface area (Å²) in [6.45, 7) is 7.65. The number of aryl methyl sites for hydroxylation is 1. The molecule has 2 heterocycles. The normalized spacial score (nSPS) is 11.4. The van der Waals surface area contributed by atoms with E-state index in [9.17, 15) is 0 Å². The zero-order valence-electron chi connectivity index (χ0n) is 11.8. The van der Waals surface area contributed by atoms with Crippen molar-refractivity contribution in [2.75, 3.05) is 13.6 Å². The van der Waals surface area contributed by atoms with Crippen LogP contribution >= 0.6 is 11.3 Å². The Bertz CT molecular complexity index is 506. The van der Waals surface area contributed by atoms with Gasteiger partial charge >= 0.3 is 0 Å². The molecule has 5 heteroatoms. The number of thiazole rings is 1. The van der Waals surface area contributed by atoms with Crippen LogP contribution in [0, 0.1) is 6.92 Å². The van der Waals surface area contributed by atoms with Crippen LogP contribution in [0.25, 0.3) is 0 Å². The van der Waals surface area contributed by atoms with Crippen LogP contribution in [-0.4, -0.2) is 23.5 Å². The molecule has 0 aliphatic carbocycles. The Balaban J connectivity index is 1.84. The van der Waals surface area contributed by atoms with Gasteiger partial charge in [-0.25, -0.2) is 4.98 Å². The molecule has 4 nitrogen and oxygen atoms in total. The molecule has 0 radical (unpaired) electrons. The van der Waals surface area contributed by atoms with Gasteiger partial charge < -0.3 is 9.73 Å². The maximum absolute atomic E-state index is 5.58. The lowest BCUT2D eigenvalue weighted by Crippen LogP contribution is -2.17. The van der Waals surface area contributed by atoms with Crippen molar-refractivity contribution in [3.63, 3.8) is 0 Å². The van der Waals surface area contributed by atoms with Crippen molar-refractivity contribution in [1.29, 1.82) is 0 Å². The van der Waals surface area contributed by atoms with E-state index in [2.05, 4.69) is 40.6 Å². The number of hydrogen-bond acceptors (Lipinski definition) is 5. The van der Waals surface area contributed by atoms with Gasteiger partial charge in [-0.15, -0.1) is 11.3 Å². The minimum Gasteiger partial charge on any atom is -0.468 e. The number of nitrogens with zero attached hydrogens (tertiary/aromatic N) is 2. The van der Waals surface area contributed by atoms with Gasteiger partial charge in [-0.1, -0.05) is 6.92 Å². The second kappa shape index (κ2) is 6.84. The van der Waals surface area contributed by atoms with Crippen LogP contribution in [0.5, 0.6) is 0 Å². The molecule has 0 fully saturated rings. The van der Waals surface area contributed by atoms with Crippen LogP contribution in [0.2, 0.25) is 0 Å². The summed E-state index contributed by atoms with van der Waals surface area (Å²) in [7, 11) is 2.08. The quantitative estimate of drug-likeness (QED) is 0.846. The van der Waals surface area contributed by atoms with Gasteiger partial charge in [0.15, 0.2) is 0 Å². The van der Waals surface area contributed by atoms with E-state index in [1.807, 2.05) is 13.2 Å². The van der Waals surface area contributed by atoms with Gasteiger partial charge in [0.25, 0.3) is 0 Å². The molecule has 0 atom stereocenters. The van der Waals surface area contributed by atoms with Gasteiger partial charge in [-0.2, -0.15) is 0 Å². The van der Waals surface area contributed by atoms with Crippen molar-refractivity contribution in [3.8, 4) is 0 Å². The lowest BCUT2D eigenvalue weighted by molar-refractivity contribution is 0.285. The van der Waals surface area contributed by atoms with Crippen molar-refractivity contribution in [3.05, 3.63) is 39.7 Å². The Morgan fingerprint density at radius 3 is 2.95 bits per heavy atom. The number of nitrogens with one attached hydrogen (secondary N) is 1. The third-order valence-corrected chi connectivity index (χ3v) is 3.63. The Kier molecular flexibility index (Phi) is 5.13. The van der Waals surface area contributed by atoms with Crippen LogP contribution in [0.15, 0.2) is 22.1 Å². The SMILES string of the molecule is CCNCc1coc(CN(C)Cc2csc(C)n2)c1. The van der Waals surface area contributed by atoms with E-state index in [0.717, 1.165) is 42.6 Å². The van der Waals surface area contributed by atoms with Crippen molar-refractivity contribution in [1.82, 2.24) is 15.2 Å². The summed E-state index contributed by atoms with van der Waals surface area (Å²) >= 11 is 1.70. The van der Waals surface area contributed by atoms with Crippen LogP contribution in [0.3, 0.4) is 0 Å². The summed E-state index contributed by atoms with van der Waals surface area (Å²) in [6.07, 6.45) is 1.83. The van der Waals surface area contributed by atoms with E-state index in [4.69, 9.17) is 4.42 Å². The molecule has 1 N–H and O–H groups in total. The summed E-state index contributed by atoms with van der Waals surface area (Å²) in [5.41, 5.74) is 2.33. The zero-order chi connectivity index (χ0) is 13.7. The fourth-order valence-electron chi connectivity index (χ4n) is 1.95. The molecule has 104 valence electrons. The number of rotatable bonds is 7. The van der Waals surface area contributed by atoms with E-state index in [0.29, 0.717) is 0 Å². The van der Waals surface area contributed by atoms with Crippen molar-refractivity contribution in [2.24, 2.45) is 0 Å². The first-order chi connectivity index (χ1) is 9.17. The van der Waals surface area contributed by atoms with Crippen molar-refractivity contribution in [2.45, 2.75) is 33.5 Å². The Morgan fingerprint density at radius 1 is 1.42 bits per heavy atom. The lowest BCUT2D eigenvalue weighted by atomic mass is 10.3. The second-order valence-corrected chi connectivity index (χ2v) is 5.79. The topological polar surface area (TPSA) is 41.3 Å². The molecule has 0 amide bonds. The second-order valence-electron chi connectivity index (χ2n) is 4.73. The Hall–Kier alpha value is -1.17. The molecule has 2 aromatic rings. The van der Waals surface area contributed by atoms with Gasteiger partial charge in [0.1, 0.15) is 5.76 Å². The summed E-state index contributed by atoms with van der Waals surface area (Å²) in [6, 6.07) is 2.12. The third-order valence-electron chi connectivity index (χ3n) is 2.81. The maximum Gasteiger partial charge on any atom is 0.118 e. The molecule has 0 aliphatic rings. The van der Waals surface area contributed by atoms with Crippen LogP contribution in [0.4, 0.5) is 0 Å². The largest absolute Gasteiger partial charge is 0.468 e. The minimum absolute atomic E-state index is 0.808. The van der Waals surface area contributed by atoms with Gasteiger partial charge in [0.2, 0.25) is 0 Å². The fourth-order valence-corrected chi connectivity index (χ4v) is 2.55. The molecule has 0 aliphatic heterocycles. The molecule has 0 aromatic carbocycles. The first kappa shape index (κ1) is 14.2. The van der Waals surface area contributed by atoms with Gasteiger partial charge in [-0.05, 0) is 26.6 Å². The smallest absolute Gasteiger partial charge is 0.118 e. The minimum atomic E-state index is 0.808. The predicted octanol–water partition coefficient (Wildman–Crippen LogP) is 2.79. The fraction of sp³-hybridized carbons (Fsp3) is 0.500. The van der Waals surface area contributed by atoms with Gasteiger partial charge in [0.05, 0.1) is 23.5 Å². The van der Waals surface area contributed by atoms with Crippen LogP contribution in [0.1, 0.15) is 28.9 Å². The van der Waals surface area contributed by atoms with Crippen molar-refractivity contribution >= 4 is 11.3 Å². The predicted molar refractivity (Wildman–Crippen MR) is 78.1 cm³/mol. The molecule has 0 saturated carbocycles. The average molecular weight is 279 g/mol. The molecule has 2 aromatic heterocycles. The van der Waals surface area contributed by atoms with E-state index in [1.165, 1.54) is 5.56 Å². The number of hydrogen-bond donors (Lipinski definition) is 1. The van der Waals surface area contributed by atoms with E-state index in [-0.39, 0.29) is 0 Å². The summed E-state index contributed by atoms with van der Waals surface area (Å²) < 4.78 is 5.58. The first-order valence-electron chi connectivity index (χ1n) is 6.54. The van der Waals surface area contributed by atoms with E-state index >= 15 is 0 Å².